The molecule has 1 aromatic carbocycles. The lowest BCUT2D eigenvalue weighted by molar-refractivity contribution is -0.120. The summed E-state index contributed by atoms with van der Waals surface area (Å²) < 4.78 is 0. The minimum absolute atomic E-state index is 0.101. The summed E-state index contributed by atoms with van der Waals surface area (Å²) in [6, 6.07) is 10.2. The molecule has 1 saturated carbocycles. The van der Waals surface area contributed by atoms with Crippen molar-refractivity contribution in [2.24, 2.45) is 5.92 Å². The topological polar surface area (TPSA) is 41.1 Å². The van der Waals surface area contributed by atoms with Crippen LogP contribution in [0.2, 0.25) is 0 Å². The van der Waals surface area contributed by atoms with Crippen molar-refractivity contribution >= 4 is 17.7 Å². The van der Waals surface area contributed by atoms with Crippen molar-refractivity contribution < 1.29 is 4.79 Å². The van der Waals surface area contributed by atoms with Crippen molar-refractivity contribution in [3.63, 3.8) is 0 Å². The van der Waals surface area contributed by atoms with E-state index in [1.54, 1.807) is 11.8 Å². The lowest BCUT2D eigenvalue weighted by Gasteiger charge is -2.06. The van der Waals surface area contributed by atoms with E-state index in [9.17, 15) is 4.79 Å². The van der Waals surface area contributed by atoms with Crippen molar-refractivity contribution in [1.82, 2.24) is 10.6 Å². The van der Waals surface area contributed by atoms with Crippen molar-refractivity contribution in [1.29, 1.82) is 0 Å². The average molecular weight is 264 g/mol. The minimum atomic E-state index is 0.101. The summed E-state index contributed by atoms with van der Waals surface area (Å²) in [5.41, 5.74) is 0. The van der Waals surface area contributed by atoms with E-state index in [0.717, 1.165) is 24.8 Å². The van der Waals surface area contributed by atoms with E-state index < -0.39 is 0 Å². The third-order valence-corrected chi connectivity index (χ3v) is 3.87. The van der Waals surface area contributed by atoms with Crippen molar-refractivity contribution in [3.05, 3.63) is 30.3 Å². The molecule has 98 valence electrons. The van der Waals surface area contributed by atoms with Crippen LogP contribution in [0, 0.1) is 5.92 Å². The van der Waals surface area contributed by atoms with Gasteiger partial charge in [-0.1, -0.05) is 18.2 Å². The molecule has 0 saturated heterocycles. The van der Waals surface area contributed by atoms with Gasteiger partial charge in [0.1, 0.15) is 0 Å². The van der Waals surface area contributed by atoms with E-state index in [0.29, 0.717) is 6.54 Å². The van der Waals surface area contributed by atoms with Gasteiger partial charge in [-0.25, -0.2) is 0 Å². The Bertz CT molecular complexity index is 365. The highest BCUT2D eigenvalue weighted by Crippen LogP contribution is 2.27. The molecule has 0 radical (unpaired) electrons. The fraction of sp³-hybridized carbons (Fsp3) is 0.500. The molecule has 1 aliphatic carbocycles. The van der Waals surface area contributed by atoms with Crippen LogP contribution < -0.4 is 10.6 Å². The zero-order chi connectivity index (χ0) is 12.6. The van der Waals surface area contributed by atoms with Crippen molar-refractivity contribution in [3.8, 4) is 0 Å². The maximum Gasteiger partial charge on any atom is 0.233 e. The number of carbonyl (C=O) groups excluding carboxylic acids is 1. The summed E-state index contributed by atoms with van der Waals surface area (Å²) in [5.74, 6) is 1.84. The summed E-state index contributed by atoms with van der Waals surface area (Å²) in [6.45, 7) is 2.17. The van der Waals surface area contributed by atoms with E-state index in [2.05, 4.69) is 22.8 Å². The van der Waals surface area contributed by atoms with Crippen LogP contribution in [0.3, 0.4) is 0 Å². The maximum absolute atomic E-state index is 11.5. The molecule has 0 atom stereocenters. The van der Waals surface area contributed by atoms with Crippen LogP contribution in [0.1, 0.15) is 12.8 Å². The molecule has 2 rings (SSSR count). The molecule has 0 spiro atoms. The van der Waals surface area contributed by atoms with E-state index in [1.165, 1.54) is 17.7 Å². The number of hydrogen-bond donors (Lipinski definition) is 2. The Morgan fingerprint density at radius 2 is 2.06 bits per heavy atom. The van der Waals surface area contributed by atoms with Gasteiger partial charge < -0.3 is 10.6 Å². The Labute approximate surface area is 113 Å². The zero-order valence-corrected chi connectivity index (χ0v) is 11.3. The van der Waals surface area contributed by atoms with Crippen LogP contribution in [0.5, 0.6) is 0 Å². The van der Waals surface area contributed by atoms with Crippen LogP contribution in [0.25, 0.3) is 0 Å². The largest absolute Gasteiger partial charge is 0.354 e. The van der Waals surface area contributed by atoms with Gasteiger partial charge >= 0.3 is 0 Å². The highest BCUT2D eigenvalue weighted by Gasteiger charge is 2.20. The summed E-state index contributed by atoms with van der Waals surface area (Å²) in [7, 11) is 0. The molecular weight excluding hydrogens is 244 g/mol. The summed E-state index contributed by atoms with van der Waals surface area (Å²) >= 11 is 1.77. The number of amides is 1. The number of carbonyl (C=O) groups is 1. The molecule has 1 aliphatic rings. The standard InChI is InChI=1S/C14H20N2OS/c17-14(11-15-10-12-6-7-12)16-8-9-18-13-4-2-1-3-5-13/h1-5,12,15H,6-11H2,(H,16,17). The van der Waals surface area contributed by atoms with E-state index in [-0.39, 0.29) is 5.91 Å². The number of nitrogens with one attached hydrogen (secondary N) is 2. The Morgan fingerprint density at radius 1 is 1.28 bits per heavy atom. The Hall–Kier alpha value is -1.00. The molecular formula is C14H20N2OS. The first-order valence-electron chi connectivity index (χ1n) is 6.50. The van der Waals surface area contributed by atoms with Gasteiger partial charge in [-0.05, 0) is 37.4 Å². The molecule has 0 heterocycles. The smallest absolute Gasteiger partial charge is 0.233 e. The Balaban J connectivity index is 1.48. The first kappa shape index (κ1) is 13.4. The zero-order valence-electron chi connectivity index (χ0n) is 10.5. The molecule has 0 aromatic heterocycles. The van der Waals surface area contributed by atoms with Gasteiger partial charge in [0, 0.05) is 17.2 Å². The average Bonchev–Trinajstić information content (AvgIpc) is 3.20. The lowest BCUT2D eigenvalue weighted by Crippen LogP contribution is -2.35. The Morgan fingerprint density at radius 3 is 2.78 bits per heavy atom. The van der Waals surface area contributed by atoms with Gasteiger partial charge in [-0.2, -0.15) is 0 Å². The molecule has 3 nitrogen and oxygen atoms in total. The van der Waals surface area contributed by atoms with Gasteiger partial charge in [0.15, 0.2) is 0 Å². The number of hydrogen-bond acceptors (Lipinski definition) is 3. The highest BCUT2D eigenvalue weighted by molar-refractivity contribution is 7.99. The van der Waals surface area contributed by atoms with Gasteiger partial charge in [0.2, 0.25) is 5.91 Å². The first-order valence-corrected chi connectivity index (χ1v) is 7.48. The first-order chi connectivity index (χ1) is 8.84. The highest BCUT2D eigenvalue weighted by atomic mass is 32.2. The van der Waals surface area contributed by atoms with Crippen molar-refractivity contribution in [2.45, 2.75) is 17.7 Å². The maximum atomic E-state index is 11.5. The Kier molecular flexibility index (Phi) is 5.55. The van der Waals surface area contributed by atoms with Crippen LogP contribution >= 0.6 is 11.8 Å². The second-order valence-corrected chi connectivity index (χ2v) is 5.75. The van der Waals surface area contributed by atoms with Crippen LogP contribution in [0.4, 0.5) is 0 Å². The molecule has 0 bridgehead atoms. The van der Waals surface area contributed by atoms with Crippen LogP contribution in [-0.4, -0.2) is 31.3 Å². The van der Waals surface area contributed by atoms with Gasteiger partial charge in [0.25, 0.3) is 0 Å². The third-order valence-electron chi connectivity index (χ3n) is 2.85. The number of rotatable bonds is 8. The molecule has 4 heteroatoms. The molecule has 1 fully saturated rings. The number of benzene rings is 1. The molecule has 18 heavy (non-hydrogen) atoms. The van der Waals surface area contributed by atoms with Crippen LogP contribution in [-0.2, 0) is 4.79 Å². The summed E-state index contributed by atoms with van der Waals surface area (Å²) in [4.78, 5) is 12.7. The summed E-state index contributed by atoms with van der Waals surface area (Å²) in [5, 5.41) is 6.11. The molecule has 1 amide bonds. The second kappa shape index (κ2) is 7.44. The molecule has 0 aliphatic heterocycles. The molecule has 2 N–H and O–H groups in total. The summed E-state index contributed by atoms with van der Waals surface area (Å²) in [6.07, 6.45) is 2.64. The lowest BCUT2D eigenvalue weighted by atomic mass is 10.4. The minimum Gasteiger partial charge on any atom is -0.354 e. The molecule has 0 unspecified atom stereocenters. The third kappa shape index (κ3) is 5.56. The fourth-order valence-corrected chi connectivity index (χ4v) is 2.44. The van der Waals surface area contributed by atoms with Gasteiger partial charge in [0.05, 0.1) is 6.54 Å². The predicted octanol–water partition coefficient (Wildman–Crippen LogP) is 1.89. The number of thioether (sulfide) groups is 1. The fourth-order valence-electron chi connectivity index (χ4n) is 1.65. The van der Waals surface area contributed by atoms with E-state index >= 15 is 0 Å². The second-order valence-electron chi connectivity index (χ2n) is 4.59. The monoisotopic (exact) mass is 264 g/mol. The molecule has 1 aromatic rings. The van der Waals surface area contributed by atoms with E-state index in [4.69, 9.17) is 0 Å². The predicted molar refractivity (Wildman–Crippen MR) is 75.8 cm³/mol. The van der Waals surface area contributed by atoms with Gasteiger partial charge in [-0.3, -0.25) is 4.79 Å². The SMILES string of the molecule is O=C(CNCC1CC1)NCCSc1ccccc1. The van der Waals surface area contributed by atoms with Gasteiger partial charge in [-0.15, -0.1) is 11.8 Å². The van der Waals surface area contributed by atoms with Crippen molar-refractivity contribution in [2.75, 3.05) is 25.4 Å². The quantitative estimate of drug-likeness (QED) is 0.556. The van der Waals surface area contributed by atoms with E-state index in [1.807, 2.05) is 18.2 Å². The van der Waals surface area contributed by atoms with Crippen LogP contribution in [0.15, 0.2) is 35.2 Å². The normalized spacial score (nSPS) is 14.4.